The molecule has 1 aromatic rings. The Morgan fingerprint density at radius 2 is 2.27 bits per heavy atom. The number of hydrogen-bond donors (Lipinski definition) is 1. The molecule has 0 amide bonds. The number of methoxy groups -OCH3 is 1. The van der Waals surface area contributed by atoms with Gasteiger partial charge < -0.3 is 14.7 Å². The van der Waals surface area contributed by atoms with Crippen molar-refractivity contribution in [2.75, 3.05) is 32.2 Å². The van der Waals surface area contributed by atoms with Gasteiger partial charge in [0, 0.05) is 20.7 Å². The zero-order chi connectivity index (χ0) is 11.3. The molecule has 0 saturated carbocycles. The van der Waals surface area contributed by atoms with E-state index < -0.39 is 6.10 Å². The Kier molecular flexibility index (Phi) is 4.52. The van der Waals surface area contributed by atoms with E-state index in [4.69, 9.17) is 4.74 Å². The van der Waals surface area contributed by atoms with Gasteiger partial charge in [0.05, 0.1) is 30.3 Å². The quantitative estimate of drug-likeness (QED) is 0.793. The van der Waals surface area contributed by atoms with E-state index in [0.717, 1.165) is 12.2 Å². The van der Waals surface area contributed by atoms with Crippen LogP contribution in [0.3, 0.4) is 0 Å². The molecule has 4 heteroatoms. The van der Waals surface area contributed by atoms with Gasteiger partial charge in [-0.25, -0.2) is 0 Å². The van der Waals surface area contributed by atoms with Crippen LogP contribution < -0.4 is 4.90 Å². The highest BCUT2D eigenvalue weighted by Crippen LogP contribution is 2.14. The number of aromatic nitrogens is 1. The second-order valence-corrected chi connectivity index (χ2v) is 3.53. The van der Waals surface area contributed by atoms with Gasteiger partial charge in [-0.2, -0.15) is 0 Å². The summed E-state index contributed by atoms with van der Waals surface area (Å²) >= 11 is 0. The SMILES string of the molecule is COCCN(C)c1ccc([C@H](C)O)nc1. The minimum Gasteiger partial charge on any atom is -0.387 e. The molecule has 0 aliphatic heterocycles. The lowest BCUT2D eigenvalue weighted by Gasteiger charge is -2.18. The molecule has 0 radical (unpaired) electrons. The van der Waals surface area contributed by atoms with Crippen molar-refractivity contribution in [3.05, 3.63) is 24.0 Å². The molecule has 1 N–H and O–H groups in total. The monoisotopic (exact) mass is 210 g/mol. The molecular weight excluding hydrogens is 192 g/mol. The molecule has 15 heavy (non-hydrogen) atoms. The average molecular weight is 210 g/mol. The maximum Gasteiger partial charge on any atom is 0.0931 e. The van der Waals surface area contributed by atoms with Gasteiger partial charge in [-0.1, -0.05) is 0 Å². The maximum atomic E-state index is 9.30. The molecule has 1 heterocycles. The molecule has 84 valence electrons. The van der Waals surface area contributed by atoms with Crippen LogP contribution in [0.15, 0.2) is 18.3 Å². The van der Waals surface area contributed by atoms with E-state index in [1.54, 1.807) is 20.2 Å². The summed E-state index contributed by atoms with van der Waals surface area (Å²) < 4.78 is 4.99. The summed E-state index contributed by atoms with van der Waals surface area (Å²) in [5.41, 5.74) is 1.72. The van der Waals surface area contributed by atoms with Crippen LogP contribution in [0, 0.1) is 0 Å². The molecule has 0 unspecified atom stereocenters. The van der Waals surface area contributed by atoms with E-state index in [-0.39, 0.29) is 0 Å². The van der Waals surface area contributed by atoms with Crippen molar-refractivity contribution in [3.8, 4) is 0 Å². The normalized spacial score (nSPS) is 12.5. The number of rotatable bonds is 5. The molecule has 1 aromatic heterocycles. The van der Waals surface area contributed by atoms with Gasteiger partial charge in [0.25, 0.3) is 0 Å². The molecule has 1 atom stereocenters. The van der Waals surface area contributed by atoms with Crippen LogP contribution in [0.5, 0.6) is 0 Å². The van der Waals surface area contributed by atoms with E-state index in [0.29, 0.717) is 12.3 Å². The Balaban J connectivity index is 2.62. The van der Waals surface area contributed by atoms with Gasteiger partial charge in [0.15, 0.2) is 0 Å². The first-order valence-electron chi connectivity index (χ1n) is 4.99. The number of pyridine rings is 1. The minimum atomic E-state index is -0.511. The largest absolute Gasteiger partial charge is 0.387 e. The van der Waals surface area contributed by atoms with E-state index in [1.165, 1.54) is 0 Å². The summed E-state index contributed by atoms with van der Waals surface area (Å²) in [6.07, 6.45) is 1.25. The number of aliphatic hydroxyl groups is 1. The summed E-state index contributed by atoms with van der Waals surface area (Å²) in [5, 5.41) is 9.30. The van der Waals surface area contributed by atoms with Crippen LogP contribution in [0.4, 0.5) is 5.69 Å². The van der Waals surface area contributed by atoms with Crippen LogP contribution in [0.1, 0.15) is 18.7 Å². The first-order valence-corrected chi connectivity index (χ1v) is 4.99. The molecule has 0 saturated heterocycles. The van der Waals surface area contributed by atoms with Gasteiger partial charge in [-0.15, -0.1) is 0 Å². The van der Waals surface area contributed by atoms with Gasteiger partial charge in [0.2, 0.25) is 0 Å². The molecule has 0 aliphatic carbocycles. The Hall–Kier alpha value is -1.13. The summed E-state index contributed by atoms with van der Waals surface area (Å²) in [6.45, 7) is 3.22. The Bertz CT molecular complexity index is 285. The van der Waals surface area contributed by atoms with Crippen molar-refractivity contribution >= 4 is 5.69 Å². The summed E-state index contributed by atoms with van der Waals surface area (Å²) in [5.74, 6) is 0. The van der Waals surface area contributed by atoms with Crippen LogP contribution in [0.25, 0.3) is 0 Å². The Morgan fingerprint density at radius 3 is 2.73 bits per heavy atom. The number of anilines is 1. The lowest BCUT2D eigenvalue weighted by atomic mass is 10.2. The predicted octanol–water partition coefficient (Wildman–Crippen LogP) is 1.22. The van der Waals surface area contributed by atoms with Crippen molar-refractivity contribution in [3.63, 3.8) is 0 Å². The van der Waals surface area contributed by atoms with Crippen LogP contribution in [0.2, 0.25) is 0 Å². The maximum absolute atomic E-state index is 9.30. The number of aliphatic hydroxyl groups excluding tert-OH is 1. The third-order valence-electron chi connectivity index (χ3n) is 2.27. The van der Waals surface area contributed by atoms with Crippen molar-refractivity contribution in [1.29, 1.82) is 0 Å². The highest BCUT2D eigenvalue weighted by atomic mass is 16.5. The first-order chi connectivity index (χ1) is 7.15. The molecule has 1 rings (SSSR count). The second-order valence-electron chi connectivity index (χ2n) is 3.53. The molecular formula is C11H18N2O2. The first kappa shape index (κ1) is 11.9. The van der Waals surface area contributed by atoms with E-state index in [2.05, 4.69) is 9.88 Å². The van der Waals surface area contributed by atoms with Crippen molar-refractivity contribution in [2.24, 2.45) is 0 Å². The third kappa shape index (κ3) is 3.49. The van der Waals surface area contributed by atoms with E-state index in [1.807, 2.05) is 19.2 Å². The highest BCUT2D eigenvalue weighted by Gasteiger charge is 2.04. The minimum absolute atomic E-state index is 0.511. The smallest absolute Gasteiger partial charge is 0.0931 e. The zero-order valence-corrected chi connectivity index (χ0v) is 9.47. The number of nitrogens with zero attached hydrogens (tertiary/aromatic N) is 2. The van der Waals surface area contributed by atoms with Gasteiger partial charge in [-0.05, 0) is 19.1 Å². The summed E-state index contributed by atoms with van der Waals surface area (Å²) in [7, 11) is 3.67. The molecule has 4 nitrogen and oxygen atoms in total. The standard InChI is InChI=1S/C11H18N2O2/c1-9(14)11-5-4-10(8-12-11)13(2)6-7-15-3/h4-5,8-9,14H,6-7H2,1-3H3/t9-/m0/s1. The molecule has 0 aliphatic rings. The highest BCUT2D eigenvalue weighted by molar-refractivity contribution is 5.43. The van der Waals surface area contributed by atoms with Gasteiger partial charge in [-0.3, -0.25) is 4.98 Å². The van der Waals surface area contributed by atoms with Crippen LogP contribution in [-0.4, -0.2) is 37.4 Å². The fraction of sp³-hybridized carbons (Fsp3) is 0.545. The topological polar surface area (TPSA) is 45.6 Å². The lowest BCUT2D eigenvalue weighted by molar-refractivity contribution is 0.194. The third-order valence-corrected chi connectivity index (χ3v) is 2.27. The lowest BCUT2D eigenvalue weighted by Crippen LogP contribution is -2.22. The van der Waals surface area contributed by atoms with Crippen molar-refractivity contribution in [1.82, 2.24) is 4.98 Å². The van der Waals surface area contributed by atoms with Crippen LogP contribution >= 0.6 is 0 Å². The fourth-order valence-corrected chi connectivity index (χ4v) is 1.23. The molecule has 0 bridgehead atoms. The number of likely N-dealkylation sites (N-methyl/N-ethyl adjacent to an activating group) is 1. The molecule has 0 spiro atoms. The van der Waals surface area contributed by atoms with E-state index >= 15 is 0 Å². The summed E-state index contributed by atoms with van der Waals surface area (Å²) in [4.78, 5) is 6.23. The molecule has 0 fully saturated rings. The van der Waals surface area contributed by atoms with Crippen molar-refractivity contribution in [2.45, 2.75) is 13.0 Å². The second kappa shape index (κ2) is 5.68. The van der Waals surface area contributed by atoms with Crippen molar-refractivity contribution < 1.29 is 9.84 Å². The molecule has 0 aromatic carbocycles. The van der Waals surface area contributed by atoms with Crippen LogP contribution in [-0.2, 0) is 4.74 Å². The average Bonchev–Trinajstić information content (AvgIpc) is 2.26. The number of hydrogen-bond acceptors (Lipinski definition) is 4. The van der Waals surface area contributed by atoms with Gasteiger partial charge >= 0.3 is 0 Å². The Morgan fingerprint density at radius 1 is 1.53 bits per heavy atom. The number of ether oxygens (including phenoxy) is 1. The summed E-state index contributed by atoms with van der Waals surface area (Å²) in [6, 6.07) is 3.79. The Labute approximate surface area is 90.5 Å². The van der Waals surface area contributed by atoms with E-state index in [9.17, 15) is 5.11 Å². The predicted molar refractivity (Wildman–Crippen MR) is 60.0 cm³/mol. The zero-order valence-electron chi connectivity index (χ0n) is 9.47. The van der Waals surface area contributed by atoms with Gasteiger partial charge in [0.1, 0.15) is 0 Å². The fourth-order valence-electron chi connectivity index (χ4n) is 1.23.